The van der Waals surface area contributed by atoms with Crippen LogP contribution in [0, 0.1) is 5.92 Å². The van der Waals surface area contributed by atoms with Crippen molar-refractivity contribution in [2.45, 2.75) is 38.4 Å². The van der Waals surface area contributed by atoms with Crippen molar-refractivity contribution in [3.63, 3.8) is 0 Å². The summed E-state index contributed by atoms with van der Waals surface area (Å²) in [5.41, 5.74) is 1.11. The Morgan fingerprint density at radius 1 is 1.45 bits per heavy atom. The van der Waals surface area contributed by atoms with Crippen molar-refractivity contribution in [1.29, 1.82) is 0 Å². The van der Waals surface area contributed by atoms with Crippen LogP contribution in [-0.4, -0.2) is 41.2 Å². The Balaban J connectivity index is 1.71. The van der Waals surface area contributed by atoms with E-state index in [0.29, 0.717) is 6.54 Å². The third kappa shape index (κ3) is 2.18. The third-order valence-electron chi connectivity index (χ3n) is 4.58. The summed E-state index contributed by atoms with van der Waals surface area (Å²) in [6.07, 6.45) is 0.101. The first-order chi connectivity index (χ1) is 9.58. The standard InChI is InChI=1S/C16H21NO3/c1-10-13-5-3-4-6-14(13)20-15(10)16(19)17-8-7-12(9-17)11(2)18/h3-6,10-12,15,18H,7-9H2,1-2H3. The van der Waals surface area contributed by atoms with Crippen molar-refractivity contribution in [3.8, 4) is 5.75 Å². The predicted octanol–water partition coefficient (Wildman–Crippen LogP) is 1.78. The molecule has 2 aliphatic heterocycles. The van der Waals surface area contributed by atoms with Crippen molar-refractivity contribution in [2.75, 3.05) is 13.1 Å². The first-order valence-corrected chi connectivity index (χ1v) is 7.30. The molecule has 1 aromatic carbocycles. The number of likely N-dealkylation sites (tertiary alicyclic amines) is 1. The molecule has 20 heavy (non-hydrogen) atoms. The van der Waals surface area contributed by atoms with Crippen LogP contribution in [-0.2, 0) is 4.79 Å². The monoisotopic (exact) mass is 275 g/mol. The Morgan fingerprint density at radius 2 is 2.20 bits per heavy atom. The van der Waals surface area contributed by atoms with Gasteiger partial charge in [-0.15, -0.1) is 0 Å². The predicted molar refractivity (Wildman–Crippen MR) is 75.6 cm³/mol. The zero-order valence-corrected chi connectivity index (χ0v) is 12.0. The van der Waals surface area contributed by atoms with Gasteiger partial charge in [0.2, 0.25) is 0 Å². The van der Waals surface area contributed by atoms with E-state index in [9.17, 15) is 9.90 Å². The fourth-order valence-corrected chi connectivity index (χ4v) is 3.19. The molecule has 0 aliphatic carbocycles. The van der Waals surface area contributed by atoms with Gasteiger partial charge in [-0.2, -0.15) is 0 Å². The minimum Gasteiger partial charge on any atom is -0.480 e. The van der Waals surface area contributed by atoms with Gasteiger partial charge < -0.3 is 14.7 Å². The minimum absolute atomic E-state index is 0.0526. The molecule has 1 saturated heterocycles. The first kappa shape index (κ1) is 13.4. The molecule has 2 heterocycles. The van der Waals surface area contributed by atoms with E-state index < -0.39 is 6.10 Å². The fraction of sp³-hybridized carbons (Fsp3) is 0.562. The smallest absolute Gasteiger partial charge is 0.264 e. The summed E-state index contributed by atoms with van der Waals surface area (Å²) in [5, 5.41) is 9.64. The van der Waals surface area contributed by atoms with Crippen LogP contribution in [0.2, 0.25) is 0 Å². The lowest BCUT2D eigenvalue weighted by Crippen LogP contribution is -2.41. The molecule has 3 rings (SSSR count). The van der Waals surface area contributed by atoms with Gasteiger partial charge in [-0.25, -0.2) is 0 Å². The van der Waals surface area contributed by atoms with E-state index in [1.807, 2.05) is 36.1 Å². The van der Waals surface area contributed by atoms with Crippen LogP contribution in [0.4, 0.5) is 0 Å². The number of nitrogens with zero attached hydrogens (tertiary/aromatic N) is 1. The summed E-state index contributed by atoms with van der Waals surface area (Å²) in [6, 6.07) is 7.85. The first-order valence-electron chi connectivity index (χ1n) is 7.30. The summed E-state index contributed by atoms with van der Waals surface area (Å²) >= 11 is 0. The molecule has 0 radical (unpaired) electrons. The second-order valence-corrected chi connectivity index (χ2v) is 5.94. The van der Waals surface area contributed by atoms with E-state index in [4.69, 9.17) is 4.74 Å². The number of aliphatic hydroxyl groups is 1. The van der Waals surface area contributed by atoms with Gasteiger partial charge >= 0.3 is 0 Å². The maximum Gasteiger partial charge on any atom is 0.264 e. The van der Waals surface area contributed by atoms with Crippen molar-refractivity contribution < 1.29 is 14.6 Å². The molecule has 2 aliphatic rings. The van der Waals surface area contributed by atoms with Gasteiger partial charge in [0.1, 0.15) is 5.75 Å². The number of hydrogen-bond donors (Lipinski definition) is 1. The molecule has 1 fully saturated rings. The number of rotatable bonds is 2. The summed E-state index contributed by atoms with van der Waals surface area (Å²) in [6.45, 7) is 5.19. The highest BCUT2D eigenvalue weighted by Gasteiger charge is 2.40. The van der Waals surface area contributed by atoms with Crippen LogP contribution < -0.4 is 4.74 Å². The largest absolute Gasteiger partial charge is 0.480 e. The number of para-hydroxylation sites is 1. The molecule has 1 amide bonds. The zero-order valence-electron chi connectivity index (χ0n) is 12.0. The third-order valence-corrected chi connectivity index (χ3v) is 4.58. The van der Waals surface area contributed by atoms with Crippen LogP contribution in [0.5, 0.6) is 5.75 Å². The summed E-state index contributed by atoms with van der Waals surface area (Å²) < 4.78 is 5.84. The second kappa shape index (κ2) is 5.09. The summed E-state index contributed by atoms with van der Waals surface area (Å²) in [7, 11) is 0. The van der Waals surface area contributed by atoms with E-state index in [2.05, 4.69) is 0 Å². The summed E-state index contributed by atoms with van der Waals surface area (Å²) in [5.74, 6) is 1.16. The molecule has 4 atom stereocenters. The molecule has 1 N–H and O–H groups in total. The lowest BCUT2D eigenvalue weighted by molar-refractivity contribution is -0.137. The average Bonchev–Trinajstić information content (AvgIpc) is 3.04. The fourth-order valence-electron chi connectivity index (χ4n) is 3.19. The normalized spacial score (nSPS) is 29.9. The number of amides is 1. The molecule has 0 spiro atoms. The number of benzene rings is 1. The Morgan fingerprint density at radius 3 is 2.85 bits per heavy atom. The van der Waals surface area contributed by atoms with Gasteiger partial charge in [-0.3, -0.25) is 4.79 Å². The topological polar surface area (TPSA) is 49.8 Å². The van der Waals surface area contributed by atoms with Crippen LogP contribution in [0.3, 0.4) is 0 Å². The number of carbonyl (C=O) groups is 1. The van der Waals surface area contributed by atoms with Crippen LogP contribution in [0.25, 0.3) is 0 Å². The van der Waals surface area contributed by atoms with E-state index in [-0.39, 0.29) is 23.8 Å². The van der Waals surface area contributed by atoms with E-state index in [1.54, 1.807) is 6.92 Å². The van der Waals surface area contributed by atoms with E-state index in [1.165, 1.54) is 0 Å². The Hall–Kier alpha value is -1.55. The highest BCUT2D eigenvalue weighted by Crippen LogP contribution is 2.38. The number of ether oxygens (including phenoxy) is 1. The van der Waals surface area contributed by atoms with E-state index in [0.717, 1.165) is 24.3 Å². The zero-order chi connectivity index (χ0) is 14.3. The molecule has 108 valence electrons. The van der Waals surface area contributed by atoms with Crippen LogP contribution in [0.15, 0.2) is 24.3 Å². The number of hydrogen-bond acceptors (Lipinski definition) is 3. The average molecular weight is 275 g/mol. The molecule has 0 bridgehead atoms. The number of fused-ring (bicyclic) bond motifs is 1. The SMILES string of the molecule is CC(O)C1CCN(C(=O)C2Oc3ccccc3C2C)C1. The van der Waals surface area contributed by atoms with Crippen molar-refractivity contribution in [1.82, 2.24) is 4.90 Å². The molecular formula is C16H21NO3. The van der Waals surface area contributed by atoms with Gasteiger partial charge in [0.25, 0.3) is 5.91 Å². The van der Waals surface area contributed by atoms with E-state index >= 15 is 0 Å². The minimum atomic E-state index is -0.417. The lowest BCUT2D eigenvalue weighted by atomic mass is 9.97. The van der Waals surface area contributed by atoms with Crippen LogP contribution in [0.1, 0.15) is 31.7 Å². The van der Waals surface area contributed by atoms with Crippen LogP contribution >= 0.6 is 0 Å². The van der Waals surface area contributed by atoms with Gasteiger partial charge in [0.05, 0.1) is 6.10 Å². The molecular weight excluding hydrogens is 254 g/mol. The Bertz CT molecular complexity index is 514. The highest BCUT2D eigenvalue weighted by molar-refractivity contribution is 5.83. The quantitative estimate of drug-likeness (QED) is 0.895. The maximum atomic E-state index is 12.6. The molecule has 0 saturated carbocycles. The molecule has 4 unspecified atom stereocenters. The lowest BCUT2D eigenvalue weighted by Gasteiger charge is -2.23. The van der Waals surface area contributed by atoms with Crippen molar-refractivity contribution in [2.24, 2.45) is 5.92 Å². The van der Waals surface area contributed by atoms with Gasteiger partial charge in [-0.05, 0) is 19.4 Å². The molecule has 4 heteroatoms. The summed E-state index contributed by atoms with van der Waals surface area (Å²) in [4.78, 5) is 14.5. The highest BCUT2D eigenvalue weighted by atomic mass is 16.5. The van der Waals surface area contributed by atoms with Gasteiger partial charge in [0.15, 0.2) is 6.10 Å². The second-order valence-electron chi connectivity index (χ2n) is 5.94. The van der Waals surface area contributed by atoms with Crippen molar-refractivity contribution in [3.05, 3.63) is 29.8 Å². The molecule has 0 aromatic heterocycles. The Kier molecular flexibility index (Phi) is 3.42. The number of aliphatic hydroxyl groups excluding tert-OH is 1. The Labute approximate surface area is 119 Å². The van der Waals surface area contributed by atoms with Gasteiger partial charge in [-0.1, -0.05) is 25.1 Å². The molecule has 1 aromatic rings. The van der Waals surface area contributed by atoms with Gasteiger partial charge in [0, 0.05) is 30.5 Å². The maximum absolute atomic E-state index is 12.6. The molecule has 4 nitrogen and oxygen atoms in total. The number of carbonyl (C=O) groups excluding carboxylic acids is 1. The van der Waals surface area contributed by atoms with Crippen molar-refractivity contribution >= 4 is 5.91 Å².